The number of hydrogen-bond acceptors (Lipinski definition) is 3. The molecule has 1 rings (SSSR count). The lowest BCUT2D eigenvalue weighted by atomic mass is 10.2. The van der Waals surface area contributed by atoms with Crippen LogP contribution in [0.15, 0.2) is 11.0 Å². The van der Waals surface area contributed by atoms with Crippen LogP contribution in [0.3, 0.4) is 0 Å². The summed E-state index contributed by atoms with van der Waals surface area (Å²) in [6.45, 7) is 8.48. The van der Waals surface area contributed by atoms with Crippen molar-refractivity contribution < 1.29 is 13.3 Å². The maximum Gasteiger partial charge on any atom is 0.264 e. The van der Waals surface area contributed by atoms with Crippen molar-refractivity contribution in [1.82, 2.24) is 4.89 Å². The standard InChI is InChI=1S/C12H17Cl2NO3S/c1-7-6-9(13)8(2)11(10(7)14)19(16,17)15-18-12(3,4)5/h6,15H,1-5H3. The Balaban J connectivity index is 3.30. The number of hydrogen-bond donors (Lipinski definition) is 1. The van der Waals surface area contributed by atoms with Crippen molar-refractivity contribution in [1.29, 1.82) is 0 Å². The Kier molecular flexibility index (Phi) is 4.91. The van der Waals surface area contributed by atoms with E-state index in [9.17, 15) is 8.42 Å². The predicted molar refractivity (Wildman–Crippen MR) is 77.1 cm³/mol. The molecule has 0 fully saturated rings. The summed E-state index contributed by atoms with van der Waals surface area (Å²) in [5.41, 5.74) is 0.330. The van der Waals surface area contributed by atoms with E-state index in [0.29, 0.717) is 16.1 Å². The van der Waals surface area contributed by atoms with Gasteiger partial charge in [0.2, 0.25) is 0 Å². The van der Waals surface area contributed by atoms with Crippen molar-refractivity contribution in [3.63, 3.8) is 0 Å². The smallest absolute Gasteiger partial charge is 0.264 e. The van der Waals surface area contributed by atoms with Gasteiger partial charge in [0.25, 0.3) is 10.0 Å². The first kappa shape index (κ1) is 16.7. The minimum atomic E-state index is -3.89. The van der Waals surface area contributed by atoms with Crippen LogP contribution in [0.2, 0.25) is 10.0 Å². The summed E-state index contributed by atoms with van der Waals surface area (Å²) >= 11 is 12.1. The molecule has 1 N–H and O–H groups in total. The zero-order valence-electron chi connectivity index (χ0n) is 11.5. The maximum absolute atomic E-state index is 12.2. The third kappa shape index (κ3) is 4.07. The second-order valence-electron chi connectivity index (χ2n) is 5.24. The number of rotatable bonds is 3. The number of benzene rings is 1. The molecule has 0 heterocycles. The fourth-order valence-electron chi connectivity index (χ4n) is 1.35. The average Bonchev–Trinajstić information content (AvgIpc) is 2.23. The molecule has 7 heteroatoms. The van der Waals surface area contributed by atoms with Gasteiger partial charge in [-0.1, -0.05) is 28.1 Å². The summed E-state index contributed by atoms with van der Waals surface area (Å²) in [5.74, 6) is 0. The van der Waals surface area contributed by atoms with Crippen LogP contribution < -0.4 is 4.89 Å². The number of halogens is 2. The Labute approximate surface area is 124 Å². The van der Waals surface area contributed by atoms with E-state index in [4.69, 9.17) is 28.0 Å². The fourth-order valence-corrected chi connectivity index (χ4v) is 3.52. The summed E-state index contributed by atoms with van der Waals surface area (Å²) in [6.07, 6.45) is 0. The van der Waals surface area contributed by atoms with Crippen LogP contribution >= 0.6 is 23.2 Å². The highest BCUT2D eigenvalue weighted by Gasteiger charge is 2.26. The summed E-state index contributed by atoms with van der Waals surface area (Å²) < 4.78 is 24.5. The van der Waals surface area contributed by atoms with Gasteiger partial charge in [0.1, 0.15) is 4.90 Å². The SMILES string of the molecule is Cc1cc(Cl)c(C)c(S(=O)(=O)NOC(C)(C)C)c1Cl. The zero-order chi connectivity index (χ0) is 15.0. The van der Waals surface area contributed by atoms with Gasteiger partial charge in [-0.25, -0.2) is 8.42 Å². The highest BCUT2D eigenvalue weighted by Crippen LogP contribution is 2.33. The highest BCUT2D eigenvalue weighted by atomic mass is 35.5. The first-order valence-corrected chi connectivity index (χ1v) is 7.84. The molecule has 1 aromatic carbocycles. The van der Waals surface area contributed by atoms with Crippen LogP contribution in [0.4, 0.5) is 0 Å². The van der Waals surface area contributed by atoms with E-state index in [2.05, 4.69) is 4.89 Å². The van der Waals surface area contributed by atoms with Gasteiger partial charge in [0, 0.05) is 5.02 Å². The van der Waals surface area contributed by atoms with Crippen molar-refractivity contribution >= 4 is 33.2 Å². The van der Waals surface area contributed by atoms with E-state index < -0.39 is 15.6 Å². The molecule has 4 nitrogen and oxygen atoms in total. The van der Waals surface area contributed by atoms with Crippen LogP contribution in [0, 0.1) is 13.8 Å². The van der Waals surface area contributed by atoms with Crippen molar-refractivity contribution in [2.45, 2.75) is 45.1 Å². The number of aryl methyl sites for hydroxylation is 1. The molecule has 0 unspecified atom stereocenters. The van der Waals surface area contributed by atoms with Gasteiger partial charge in [-0.2, -0.15) is 0 Å². The molecule has 0 saturated carbocycles. The van der Waals surface area contributed by atoms with E-state index >= 15 is 0 Å². The molecular formula is C12H17Cl2NO3S. The van der Waals surface area contributed by atoms with E-state index in [1.807, 2.05) is 0 Å². The van der Waals surface area contributed by atoms with Crippen LogP contribution in [0.1, 0.15) is 31.9 Å². The molecule has 108 valence electrons. The molecule has 0 radical (unpaired) electrons. The van der Waals surface area contributed by atoms with Crippen molar-refractivity contribution in [2.75, 3.05) is 0 Å². The monoisotopic (exact) mass is 325 g/mol. The minimum absolute atomic E-state index is 0.0524. The molecule has 0 saturated heterocycles. The topological polar surface area (TPSA) is 55.4 Å². The third-order valence-corrected chi connectivity index (χ3v) is 4.66. The summed E-state index contributed by atoms with van der Waals surface area (Å²) in [5, 5.41) is 0.491. The lowest BCUT2D eigenvalue weighted by Gasteiger charge is -2.20. The largest absolute Gasteiger partial charge is 0.281 e. The Morgan fingerprint density at radius 2 is 1.74 bits per heavy atom. The highest BCUT2D eigenvalue weighted by molar-refractivity contribution is 7.89. The fraction of sp³-hybridized carbons (Fsp3) is 0.500. The molecule has 0 atom stereocenters. The van der Waals surface area contributed by atoms with Gasteiger partial charge in [-0.15, -0.1) is 0 Å². The van der Waals surface area contributed by atoms with Gasteiger partial charge < -0.3 is 0 Å². The van der Waals surface area contributed by atoms with E-state index in [1.165, 1.54) is 0 Å². The second-order valence-corrected chi connectivity index (χ2v) is 7.61. The third-order valence-electron chi connectivity index (χ3n) is 2.31. The maximum atomic E-state index is 12.2. The van der Waals surface area contributed by atoms with Crippen LogP contribution in [-0.4, -0.2) is 14.0 Å². The van der Waals surface area contributed by atoms with E-state index in [1.54, 1.807) is 40.7 Å². The molecule has 1 aromatic rings. The molecule has 0 aliphatic carbocycles. The van der Waals surface area contributed by atoms with Crippen molar-refractivity contribution in [3.8, 4) is 0 Å². The second kappa shape index (κ2) is 5.58. The van der Waals surface area contributed by atoms with Gasteiger partial charge in [0.05, 0.1) is 10.6 Å². The Morgan fingerprint density at radius 3 is 2.21 bits per heavy atom. The zero-order valence-corrected chi connectivity index (χ0v) is 13.8. The van der Waals surface area contributed by atoms with Gasteiger partial charge in [0.15, 0.2) is 0 Å². The number of nitrogens with one attached hydrogen (secondary N) is 1. The predicted octanol–water partition coefficient (Wildman–Crippen LogP) is 3.62. The van der Waals surface area contributed by atoms with Crippen LogP contribution in [-0.2, 0) is 14.9 Å². The van der Waals surface area contributed by atoms with Gasteiger partial charge >= 0.3 is 0 Å². The molecule has 0 aliphatic heterocycles. The minimum Gasteiger partial charge on any atom is -0.281 e. The first-order valence-electron chi connectivity index (χ1n) is 5.61. The Morgan fingerprint density at radius 1 is 1.21 bits per heavy atom. The van der Waals surface area contributed by atoms with Crippen LogP contribution in [0.25, 0.3) is 0 Å². The number of sulfonamides is 1. The Hall–Kier alpha value is -0.330. The molecule has 19 heavy (non-hydrogen) atoms. The lowest BCUT2D eigenvalue weighted by Crippen LogP contribution is -2.34. The average molecular weight is 326 g/mol. The van der Waals surface area contributed by atoms with Gasteiger partial charge in [-0.3, -0.25) is 4.84 Å². The molecule has 0 bridgehead atoms. The van der Waals surface area contributed by atoms with E-state index in [0.717, 1.165) is 0 Å². The molecule has 0 aliphatic rings. The summed E-state index contributed by atoms with van der Waals surface area (Å²) in [6, 6.07) is 1.63. The molecule has 0 aromatic heterocycles. The molecular weight excluding hydrogens is 309 g/mol. The van der Waals surface area contributed by atoms with Crippen LogP contribution in [0.5, 0.6) is 0 Å². The quantitative estimate of drug-likeness (QED) is 0.863. The normalized spacial score (nSPS) is 12.8. The lowest BCUT2D eigenvalue weighted by molar-refractivity contribution is -0.0357. The summed E-state index contributed by atoms with van der Waals surface area (Å²) in [4.78, 5) is 7.13. The van der Waals surface area contributed by atoms with E-state index in [-0.39, 0.29) is 9.92 Å². The van der Waals surface area contributed by atoms with Crippen molar-refractivity contribution in [2.24, 2.45) is 0 Å². The van der Waals surface area contributed by atoms with Gasteiger partial charge in [-0.05, 0) is 51.8 Å². The summed E-state index contributed by atoms with van der Waals surface area (Å²) in [7, 11) is -3.89. The molecule has 0 spiro atoms. The molecule has 0 amide bonds. The Bertz CT molecular complexity index is 566. The van der Waals surface area contributed by atoms with Crippen molar-refractivity contribution in [3.05, 3.63) is 27.2 Å². The first-order chi connectivity index (χ1) is 8.46.